The minimum atomic E-state index is 0. The normalized spacial score (nSPS) is 0. The molecule has 0 aromatic rings. The third kappa shape index (κ3) is 10.2. The van der Waals surface area contributed by atoms with Crippen LogP contribution in [0.25, 0.3) is 0 Å². The van der Waals surface area contributed by atoms with Gasteiger partial charge in [0.05, 0.1) is 0 Å². The van der Waals surface area contributed by atoms with Gasteiger partial charge in [-0.3, -0.25) is 0 Å². The summed E-state index contributed by atoms with van der Waals surface area (Å²) >= 11 is 0. The van der Waals surface area contributed by atoms with Gasteiger partial charge in [0.15, 0.2) is 0 Å². The predicted octanol–water partition coefficient (Wildman–Crippen LogP) is 0.319. The van der Waals surface area contributed by atoms with Crippen LogP contribution in [0.4, 0.5) is 0 Å². The van der Waals surface area contributed by atoms with Gasteiger partial charge in [-0.25, -0.2) is 0 Å². The summed E-state index contributed by atoms with van der Waals surface area (Å²) in [5, 5.41) is 0. The van der Waals surface area contributed by atoms with Gasteiger partial charge in [-0.15, -0.1) is 0 Å². The molecule has 0 aromatic heterocycles. The maximum Gasteiger partial charge on any atom is 0 e. The molecule has 0 heterocycles. The van der Waals surface area contributed by atoms with Gasteiger partial charge >= 0.3 is 0 Å². The molecule has 0 bridgehead atoms. The quantitative estimate of drug-likeness (QED) is 0.560. The Morgan fingerprint density at radius 2 is 0.750 bits per heavy atom. The number of hydrogen-bond donors (Lipinski definition) is 2. The van der Waals surface area contributed by atoms with Crippen LogP contribution in [0.1, 0.15) is 0 Å². The van der Waals surface area contributed by atoms with E-state index in [2.05, 4.69) is 0 Å². The van der Waals surface area contributed by atoms with Gasteiger partial charge < -0.3 is 12.3 Å². The first-order chi connectivity index (χ1) is 0. The van der Waals surface area contributed by atoms with Gasteiger partial charge in [-0.05, 0) is 0 Å². The Kier molecular flexibility index (Phi) is 373. The molecule has 0 aliphatic heterocycles. The molecular weight excluding hydrogens is 409 g/mol. The summed E-state index contributed by atoms with van der Waals surface area (Å²) in [7, 11) is 0. The molecule has 0 aliphatic carbocycles. The van der Waals surface area contributed by atoms with Gasteiger partial charge in [-0.2, -0.15) is 0 Å². The van der Waals surface area contributed by atoms with Gasteiger partial charge in [0, 0.05) is 43.4 Å². The van der Waals surface area contributed by atoms with Crippen molar-refractivity contribution in [3.8, 4) is 0 Å². The summed E-state index contributed by atoms with van der Waals surface area (Å²) in [4.78, 5) is 0. The van der Waals surface area contributed by atoms with Crippen molar-refractivity contribution in [1.82, 2.24) is 12.3 Å². The number of rotatable bonds is 0. The van der Waals surface area contributed by atoms with Crippen LogP contribution >= 0.6 is 0 Å². The summed E-state index contributed by atoms with van der Waals surface area (Å²) in [6, 6.07) is 0. The Balaban J connectivity index is 0. The van der Waals surface area contributed by atoms with Crippen LogP contribution in [0.15, 0.2) is 0 Å². The van der Waals surface area contributed by atoms with Crippen LogP contribution in [0.2, 0.25) is 0 Å². The molecule has 0 saturated heterocycles. The molecule has 0 amide bonds. The van der Waals surface area contributed by atoms with E-state index in [0.717, 1.165) is 0 Å². The molecule has 0 spiro atoms. The molecule has 4 heteroatoms. The van der Waals surface area contributed by atoms with E-state index < -0.39 is 0 Å². The van der Waals surface area contributed by atoms with Crippen LogP contribution in [-0.4, -0.2) is 0 Å². The Morgan fingerprint density at radius 3 is 0.750 bits per heavy atom. The molecule has 0 rings (SSSR count). The van der Waals surface area contributed by atoms with Crippen molar-refractivity contribution in [3.05, 3.63) is 0 Å². The zero-order valence-corrected chi connectivity index (χ0v) is 7.22. The fraction of sp³-hybridized carbons (Fsp3) is 0. The molecule has 0 saturated carbocycles. The van der Waals surface area contributed by atoms with Gasteiger partial charge in [0.2, 0.25) is 0 Å². The summed E-state index contributed by atoms with van der Waals surface area (Å²) in [6.45, 7) is 0. The van der Waals surface area contributed by atoms with E-state index in [9.17, 15) is 0 Å². The first-order valence-electron chi connectivity index (χ1n) is 0. The van der Waals surface area contributed by atoms with E-state index in [1.807, 2.05) is 0 Å². The van der Waals surface area contributed by atoms with E-state index in [0.29, 0.717) is 0 Å². The minimum absolute atomic E-state index is 0. The Labute approximate surface area is 55.7 Å². The third-order valence-electron chi connectivity index (χ3n) is 0. The van der Waals surface area contributed by atoms with Crippen molar-refractivity contribution in [2.24, 2.45) is 0 Å². The summed E-state index contributed by atoms with van der Waals surface area (Å²) < 4.78 is 0. The zero-order valence-electron chi connectivity index (χ0n) is 2.12. The molecule has 0 fully saturated rings. The second-order valence-electron chi connectivity index (χ2n) is 0. The first-order valence-corrected chi connectivity index (χ1v) is 0. The SMILES string of the molecule is N.N.[Au].[W]. The van der Waals surface area contributed by atoms with Crippen LogP contribution in [-0.2, 0) is 43.4 Å². The monoisotopic (exact) mass is 415 g/mol. The summed E-state index contributed by atoms with van der Waals surface area (Å²) in [5.41, 5.74) is 0. The Bertz CT molecular complexity index is 6.00. The second-order valence-corrected chi connectivity index (χ2v) is 0. The fourth-order valence-electron chi connectivity index (χ4n) is 0. The predicted molar refractivity (Wildman–Crippen MR) is 10.0 cm³/mol. The average Bonchev–Trinajstić information content (AvgIpc) is 0. The molecule has 33 valence electrons. The topological polar surface area (TPSA) is 70.0 Å². The maximum absolute atomic E-state index is 0. The standard InChI is InChI=1S/Au.2H3N.W/h;2*1H3;. The van der Waals surface area contributed by atoms with E-state index in [1.165, 1.54) is 0 Å². The van der Waals surface area contributed by atoms with Crippen molar-refractivity contribution in [2.45, 2.75) is 0 Å². The molecule has 1 radical (unpaired) electrons. The van der Waals surface area contributed by atoms with Crippen molar-refractivity contribution < 1.29 is 43.4 Å². The molecule has 2 nitrogen and oxygen atoms in total. The van der Waals surface area contributed by atoms with Crippen LogP contribution in [0, 0.1) is 0 Å². The first kappa shape index (κ1) is 55.6. The van der Waals surface area contributed by atoms with E-state index in [4.69, 9.17) is 0 Å². The molecule has 4 heavy (non-hydrogen) atoms. The average molecular weight is 415 g/mol. The molecule has 6 N–H and O–H groups in total. The third-order valence-corrected chi connectivity index (χ3v) is 0. The van der Waals surface area contributed by atoms with E-state index >= 15 is 0 Å². The van der Waals surface area contributed by atoms with Crippen molar-refractivity contribution in [2.75, 3.05) is 0 Å². The summed E-state index contributed by atoms with van der Waals surface area (Å²) in [5.74, 6) is 0. The fourth-order valence-corrected chi connectivity index (χ4v) is 0. The molecular formula is H6AuN2W. The second kappa shape index (κ2) is 26.8. The van der Waals surface area contributed by atoms with E-state index in [1.54, 1.807) is 0 Å². The molecule has 0 atom stereocenters. The van der Waals surface area contributed by atoms with Gasteiger partial charge in [-0.1, -0.05) is 0 Å². The van der Waals surface area contributed by atoms with Crippen molar-refractivity contribution in [3.63, 3.8) is 0 Å². The van der Waals surface area contributed by atoms with E-state index in [-0.39, 0.29) is 55.7 Å². The summed E-state index contributed by atoms with van der Waals surface area (Å²) in [6.07, 6.45) is 0. The Morgan fingerprint density at radius 1 is 0.750 bits per heavy atom. The van der Waals surface area contributed by atoms with Crippen LogP contribution < -0.4 is 12.3 Å². The van der Waals surface area contributed by atoms with Crippen molar-refractivity contribution >= 4 is 0 Å². The van der Waals surface area contributed by atoms with Gasteiger partial charge in [0.1, 0.15) is 0 Å². The molecule has 0 aliphatic rings. The zero-order chi connectivity index (χ0) is 0. The molecule has 0 aromatic carbocycles. The van der Waals surface area contributed by atoms with Crippen molar-refractivity contribution in [1.29, 1.82) is 0 Å². The minimum Gasteiger partial charge on any atom is -0.344 e. The Hall–Kier alpha value is 1.35. The molecule has 0 unspecified atom stereocenters. The largest absolute Gasteiger partial charge is 0.344 e. The van der Waals surface area contributed by atoms with Crippen LogP contribution in [0.3, 0.4) is 0 Å². The number of hydrogen-bond acceptors (Lipinski definition) is 2. The van der Waals surface area contributed by atoms with Crippen LogP contribution in [0.5, 0.6) is 0 Å². The van der Waals surface area contributed by atoms with Gasteiger partial charge in [0.25, 0.3) is 0 Å². The maximum atomic E-state index is 0. The smallest absolute Gasteiger partial charge is 0 e.